The van der Waals surface area contributed by atoms with Gasteiger partial charge in [0.25, 0.3) is 0 Å². The lowest BCUT2D eigenvalue weighted by atomic mass is 10.0. The normalized spacial score (nSPS) is 10.2. The van der Waals surface area contributed by atoms with Crippen molar-refractivity contribution in [3.63, 3.8) is 0 Å². The van der Waals surface area contributed by atoms with Crippen molar-refractivity contribution in [2.45, 2.75) is 0 Å². The van der Waals surface area contributed by atoms with Crippen LogP contribution in [0.15, 0.2) is 42.5 Å². The third kappa shape index (κ3) is 2.60. The van der Waals surface area contributed by atoms with Crippen LogP contribution in [0.3, 0.4) is 0 Å². The molecule has 2 aromatic carbocycles. The second-order valence-electron chi connectivity index (χ2n) is 3.50. The Labute approximate surface area is 108 Å². The molecule has 2 aromatic rings. The second kappa shape index (κ2) is 4.78. The van der Waals surface area contributed by atoms with Crippen molar-refractivity contribution in [3.8, 4) is 5.75 Å². The number of carbonyl (C=O) groups is 1. The van der Waals surface area contributed by atoms with Crippen molar-refractivity contribution in [1.82, 2.24) is 0 Å². The molecule has 0 unspecified atom stereocenters. The standard InChI is InChI=1S/C13H8Cl2O2/c14-9-3-1-8(2-4-9)13(17)11-7-10(15)5-6-12(11)16/h1-7,16H. The molecule has 86 valence electrons. The zero-order valence-corrected chi connectivity index (χ0v) is 10.2. The van der Waals surface area contributed by atoms with E-state index >= 15 is 0 Å². The van der Waals surface area contributed by atoms with Gasteiger partial charge in [-0.05, 0) is 42.5 Å². The van der Waals surface area contributed by atoms with Gasteiger partial charge in [-0.1, -0.05) is 23.2 Å². The van der Waals surface area contributed by atoms with E-state index in [0.29, 0.717) is 15.6 Å². The topological polar surface area (TPSA) is 37.3 Å². The first-order valence-electron chi connectivity index (χ1n) is 4.87. The Morgan fingerprint density at radius 2 is 1.53 bits per heavy atom. The zero-order valence-electron chi connectivity index (χ0n) is 8.65. The van der Waals surface area contributed by atoms with Crippen LogP contribution >= 0.6 is 23.2 Å². The highest BCUT2D eigenvalue weighted by Gasteiger charge is 2.13. The molecule has 0 aliphatic rings. The molecule has 0 amide bonds. The third-order valence-corrected chi connectivity index (χ3v) is 2.80. The molecule has 0 spiro atoms. The Balaban J connectivity index is 2.43. The molecule has 0 aromatic heterocycles. The number of hydrogen-bond acceptors (Lipinski definition) is 2. The molecule has 0 heterocycles. The van der Waals surface area contributed by atoms with Crippen LogP contribution in [0, 0.1) is 0 Å². The summed E-state index contributed by atoms with van der Waals surface area (Å²) in [7, 11) is 0. The van der Waals surface area contributed by atoms with Crippen LogP contribution in [0.1, 0.15) is 15.9 Å². The van der Waals surface area contributed by atoms with Crippen LogP contribution in [0.4, 0.5) is 0 Å². The average molecular weight is 267 g/mol. The number of aromatic hydroxyl groups is 1. The first-order chi connectivity index (χ1) is 8.08. The molecule has 2 nitrogen and oxygen atoms in total. The summed E-state index contributed by atoms with van der Waals surface area (Å²) in [6, 6.07) is 10.8. The van der Waals surface area contributed by atoms with E-state index in [1.54, 1.807) is 24.3 Å². The molecule has 4 heteroatoms. The highest BCUT2D eigenvalue weighted by atomic mass is 35.5. The van der Waals surface area contributed by atoms with Crippen LogP contribution in [0.5, 0.6) is 5.75 Å². The maximum atomic E-state index is 12.1. The van der Waals surface area contributed by atoms with Crippen LogP contribution in [0.2, 0.25) is 10.0 Å². The van der Waals surface area contributed by atoms with Crippen molar-refractivity contribution in [2.24, 2.45) is 0 Å². The number of rotatable bonds is 2. The van der Waals surface area contributed by atoms with Crippen molar-refractivity contribution >= 4 is 29.0 Å². The fraction of sp³-hybridized carbons (Fsp3) is 0. The molecule has 1 N–H and O–H groups in total. The van der Waals surface area contributed by atoms with E-state index in [4.69, 9.17) is 23.2 Å². The van der Waals surface area contributed by atoms with Crippen molar-refractivity contribution in [3.05, 3.63) is 63.6 Å². The lowest BCUT2D eigenvalue weighted by Gasteiger charge is -2.04. The first-order valence-corrected chi connectivity index (χ1v) is 5.62. The Kier molecular flexibility index (Phi) is 3.36. The molecular formula is C13H8Cl2O2. The Hall–Kier alpha value is -1.51. The van der Waals surface area contributed by atoms with Gasteiger partial charge in [-0.2, -0.15) is 0 Å². The van der Waals surface area contributed by atoms with Gasteiger partial charge in [0.1, 0.15) is 5.75 Å². The number of carbonyl (C=O) groups excluding carboxylic acids is 1. The van der Waals surface area contributed by atoms with Crippen molar-refractivity contribution in [1.29, 1.82) is 0 Å². The van der Waals surface area contributed by atoms with Gasteiger partial charge in [0.15, 0.2) is 5.78 Å². The minimum atomic E-state index is -0.290. The minimum absolute atomic E-state index is 0.0886. The van der Waals surface area contributed by atoms with Crippen LogP contribution in [0.25, 0.3) is 0 Å². The van der Waals surface area contributed by atoms with Crippen molar-refractivity contribution < 1.29 is 9.90 Å². The molecule has 0 fully saturated rings. The highest BCUT2D eigenvalue weighted by Crippen LogP contribution is 2.24. The highest BCUT2D eigenvalue weighted by molar-refractivity contribution is 6.31. The van der Waals surface area contributed by atoms with Crippen LogP contribution < -0.4 is 0 Å². The number of benzene rings is 2. The molecule has 0 aliphatic heterocycles. The van der Waals surface area contributed by atoms with Gasteiger partial charge in [0, 0.05) is 15.6 Å². The number of ketones is 1. The molecule has 0 radical (unpaired) electrons. The summed E-state index contributed by atoms with van der Waals surface area (Å²) in [6.07, 6.45) is 0. The van der Waals surface area contributed by atoms with E-state index in [2.05, 4.69) is 0 Å². The van der Waals surface area contributed by atoms with E-state index in [1.165, 1.54) is 18.2 Å². The molecule has 17 heavy (non-hydrogen) atoms. The number of phenols is 1. The fourth-order valence-electron chi connectivity index (χ4n) is 1.45. The van der Waals surface area contributed by atoms with Crippen LogP contribution in [-0.2, 0) is 0 Å². The summed E-state index contributed by atoms with van der Waals surface area (Å²) in [6.45, 7) is 0. The molecule has 2 rings (SSSR count). The smallest absolute Gasteiger partial charge is 0.196 e. The van der Waals surface area contributed by atoms with Gasteiger partial charge < -0.3 is 5.11 Å². The molecular weight excluding hydrogens is 259 g/mol. The summed E-state index contributed by atoms with van der Waals surface area (Å²) in [5.41, 5.74) is 0.631. The van der Waals surface area contributed by atoms with Gasteiger partial charge in [-0.3, -0.25) is 4.79 Å². The maximum Gasteiger partial charge on any atom is 0.196 e. The van der Waals surface area contributed by atoms with E-state index in [0.717, 1.165) is 0 Å². The predicted octanol–water partition coefficient (Wildman–Crippen LogP) is 3.93. The zero-order chi connectivity index (χ0) is 12.4. The number of hydrogen-bond donors (Lipinski definition) is 1. The lowest BCUT2D eigenvalue weighted by Crippen LogP contribution is -2.01. The summed E-state index contributed by atoms with van der Waals surface area (Å²) in [5, 5.41) is 10.6. The van der Waals surface area contributed by atoms with Gasteiger partial charge in [-0.15, -0.1) is 0 Å². The van der Waals surface area contributed by atoms with E-state index in [9.17, 15) is 9.90 Å². The predicted molar refractivity (Wildman–Crippen MR) is 68.0 cm³/mol. The average Bonchev–Trinajstić information content (AvgIpc) is 2.32. The van der Waals surface area contributed by atoms with Crippen molar-refractivity contribution in [2.75, 3.05) is 0 Å². The minimum Gasteiger partial charge on any atom is -0.507 e. The Morgan fingerprint density at radius 3 is 2.18 bits per heavy atom. The molecule has 0 bridgehead atoms. The summed E-state index contributed by atoms with van der Waals surface area (Å²) in [5.74, 6) is -0.379. The summed E-state index contributed by atoms with van der Waals surface area (Å²) in [4.78, 5) is 12.1. The largest absolute Gasteiger partial charge is 0.507 e. The molecule has 0 aliphatic carbocycles. The summed E-state index contributed by atoms with van der Waals surface area (Å²) >= 11 is 11.5. The monoisotopic (exact) mass is 266 g/mol. The van der Waals surface area contributed by atoms with Gasteiger partial charge >= 0.3 is 0 Å². The fourth-order valence-corrected chi connectivity index (χ4v) is 1.74. The van der Waals surface area contributed by atoms with E-state index in [1.807, 2.05) is 0 Å². The molecule has 0 saturated carbocycles. The Morgan fingerprint density at radius 1 is 0.941 bits per heavy atom. The quantitative estimate of drug-likeness (QED) is 0.837. The van der Waals surface area contributed by atoms with Gasteiger partial charge in [0.05, 0.1) is 5.56 Å². The van der Waals surface area contributed by atoms with Gasteiger partial charge in [0.2, 0.25) is 0 Å². The maximum absolute atomic E-state index is 12.1. The first kappa shape index (κ1) is 12.0. The van der Waals surface area contributed by atoms with Gasteiger partial charge in [-0.25, -0.2) is 0 Å². The SMILES string of the molecule is O=C(c1ccc(Cl)cc1)c1cc(Cl)ccc1O. The van der Waals surface area contributed by atoms with E-state index in [-0.39, 0.29) is 17.1 Å². The van der Waals surface area contributed by atoms with E-state index < -0.39 is 0 Å². The Bertz CT molecular complexity index is 562. The molecule has 0 saturated heterocycles. The number of halogens is 2. The summed E-state index contributed by atoms with van der Waals surface area (Å²) < 4.78 is 0. The van der Waals surface area contributed by atoms with Crippen LogP contribution in [-0.4, -0.2) is 10.9 Å². The second-order valence-corrected chi connectivity index (χ2v) is 4.37. The molecule has 0 atom stereocenters. The number of phenolic OH excluding ortho intramolecular Hbond substituents is 1. The third-order valence-electron chi connectivity index (χ3n) is 2.31. The lowest BCUT2D eigenvalue weighted by molar-refractivity contribution is 0.103.